The van der Waals surface area contributed by atoms with Crippen LogP contribution in [-0.4, -0.2) is 29.6 Å². The first-order valence-electron chi connectivity index (χ1n) is 9.07. The van der Waals surface area contributed by atoms with Crippen molar-refractivity contribution in [2.24, 2.45) is 0 Å². The Kier molecular flexibility index (Phi) is 47.9. The van der Waals surface area contributed by atoms with Gasteiger partial charge in [0, 0.05) is 44.7 Å². The molecular formula is C26H21Co2NO7. The Balaban J connectivity index is -0.000000142. The van der Waals surface area contributed by atoms with E-state index in [1.807, 2.05) is 60.7 Å². The molecule has 0 amide bonds. The van der Waals surface area contributed by atoms with Gasteiger partial charge in [0.2, 0.25) is 0 Å². The van der Waals surface area contributed by atoms with Gasteiger partial charge in [-0.2, -0.15) is 0 Å². The summed E-state index contributed by atoms with van der Waals surface area (Å²) in [5.74, 6) is 6.31. The van der Waals surface area contributed by atoms with Crippen LogP contribution in [0, 0.1) is 51.7 Å². The van der Waals surface area contributed by atoms with E-state index in [2.05, 4.69) is 56.6 Å². The number of hydrogen-bond donors (Lipinski definition) is 1. The quantitative estimate of drug-likeness (QED) is 0.340. The first-order chi connectivity index (χ1) is 16.8. The van der Waals surface area contributed by atoms with Crippen molar-refractivity contribution in [1.82, 2.24) is 4.90 Å². The van der Waals surface area contributed by atoms with Crippen LogP contribution in [-0.2, 0) is 67.1 Å². The average molecular weight is 577 g/mol. The molecule has 1 fully saturated rings. The summed E-state index contributed by atoms with van der Waals surface area (Å²) in [5, 5.41) is 11.2. The summed E-state index contributed by atoms with van der Waals surface area (Å²) < 4.78 is 45.0. The number of rotatable bonds is 3. The fourth-order valence-corrected chi connectivity index (χ4v) is 2.89. The van der Waals surface area contributed by atoms with E-state index in [-0.39, 0.29) is 33.6 Å². The summed E-state index contributed by atoms with van der Waals surface area (Å²) in [5.41, 5.74) is 0.382. The maximum atomic E-state index is 11.2. The first kappa shape index (κ1) is 46.7. The molecule has 1 N–H and O–H groups in total. The molecule has 1 aliphatic rings. The Labute approximate surface area is 232 Å². The minimum Gasteiger partial charge on any atom is 0 e. The normalized spacial score (nSPS) is 9.69. The van der Waals surface area contributed by atoms with Gasteiger partial charge in [0.1, 0.15) is 0 Å². The molecule has 0 bridgehead atoms. The van der Waals surface area contributed by atoms with E-state index in [4.69, 9.17) is 27.9 Å². The maximum Gasteiger partial charge on any atom is 0 e. The van der Waals surface area contributed by atoms with E-state index in [0.717, 1.165) is 30.8 Å². The van der Waals surface area contributed by atoms with Gasteiger partial charge in [-0.1, -0.05) is 72.5 Å². The second-order valence-electron chi connectivity index (χ2n) is 5.73. The fraction of sp³-hybridized carbons (Fsp3) is 0.231. The molecule has 0 saturated carbocycles. The minimum atomic E-state index is -1.25. The molecule has 190 valence electrons. The third kappa shape index (κ3) is 18.7. The van der Waals surface area contributed by atoms with E-state index < -0.39 is 5.60 Å². The molecule has 10 heteroatoms. The number of aliphatic hydroxyl groups is 1. The molecule has 8 nitrogen and oxygen atoms in total. The standard InChI is InChI=1S/C20H21NO.6CO.2Co/c22-20(18-10-3-1-4-11-18,19-12-5-2-6-13-19)14-9-17-21-15-7-8-16-21;6*1-2;;/h1-6,10-13,22H,7-8,15-17H2;;;;;;;;. The molecule has 0 aromatic heterocycles. The van der Waals surface area contributed by atoms with Crippen LogP contribution in [0.5, 0.6) is 0 Å². The second-order valence-corrected chi connectivity index (χ2v) is 5.73. The van der Waals surface area contributed by atoms with E-state index in [1.165, 1.54) is 12.8 Å². The Hall–Kier alpha value is -2.63. The number of likely N-dealkylation sites (tertiary alicyclic amines) is 1. The van der Waals surface area contributed by atoms with Crippen molar-refractivity contribution in [2.75, 3.05) is 19.6 Å². The zero-order valence-corrected chi connectivity index (χ0v) is 20.9. The zero-order valence-electron chi connectivity index (χ0n) is 18.8. The van der Waals surface area contributed by atoms with Gasteiger partial charge in [-0.15, -0.1) is 0 Å². The van der Waals surface area contributed by atoms with Gasteiger partial charge in [0.25, 0.3) is 0 Å². The van der Waals surface area contributed by atoms with Crippen molar-refractivity contribution >= 4 is 0 Å². The van der Waals surface area contributed by atoms with Gasteiger partial charge in [0.15, 0.2) is 5.60 Å². The predicted octanol–water partition coefficient (Wildman–Crippen LogP) is 2.79. The molecule has 1 saturated heterocycles. The van der Waals surface area contributed by atoms with Gasteiger partial charge >= 0.3 is 67.8 Å². The molecule has 2 radical (unpaired) electrons. The molecular weight excluding hydrogens is 556 g/mol. The molecule has 0 aliphatic carbocycles. The van der Waals surface area contributed by atoms with Crippen LogP contribution in [0.1, 0.15) is 24.0 Å². The van der Waals surface area contributed by atoms with Crippen LogP contribution in [0.3, 0.4) is 0 Å². The van der Waals surface area contributed by atoms with Crippen molar-refractivity contribution in [3.63, 3.8) is 0 Å². The van der Waals surface area contributed by atoms with Crippen LogP contribution in [0.15, 0.2) is 60.7 Å². The van der Waals surface area contributed by atoms with Crippen LogP contribution in [0.25, 0.3) is 0 Å². The van der Waals surface area contributed by atoms with Crippen molar-refractivity contribution in [3.8, 4) is 11.8 Å². The third-order valence-electron chi connectivity index (χ3n) is 4.15. The molecule has 1 heterocycles. The van der Waals surface area contributed by atoms with Crippen molar-refractivity contribution in [2.45, 2.75) is 18.4 Å². The summed E-state index contributed by atoms with van der Waals surface area (Å²) in [4.78, 5) is 2.34. The maximum absolute atomic E-state index is 11.2. The number of benzene rings is 2. The molecule has 3 rings (SSSR count). The minimum absolute atomic E-state index is 0. The predicted molar refractivity (Wildman–Crippen MR) is 113 cm³/mol. The third-order valence-corrected chi connectivity index (χ3v) is 4.15. The van der Waals surface area contributed by atoms with E-state index in [1.54, 1.807) is 0 Å². The summed E-state index contributed by atoms with van der Waals surface area (Å²) in [7, 11) is 0. The second kappa shape index (κ2) is 36.9. The first-order valence-corrected chi connectivity index (χ1v) is 9.07. The van der Waals surface area contributed by atoms with E-state index >= 15 is 0 Å². The van der Waals surface area contributed by atoms with Crippen LogP contribution in [0.4, 0.5) is 0 Å². The Morgan fingerprint density at radius 3 is 1.25 bits per heavy atom. The molecule has 36 heavy (non-hydrogen) atoms. The van der Waals surface area contributed by atoms with Crippen LogP contribution in [0.2, 0.25) is 0 Å². The van der Waals surface area contributed by atoms with Gasteiger partial charge in [-0.25, -0.2) is 0 Å². The van der Waals surface area contributed by atoms with Crippen molar-refractivity contribution < 1.29 is 66.6 Å². The molecule has 2 aromatic rings. The number of nitrogens with zero attached hydrogens (tertiary/aromatic N) is 1. The Bertz CT molecular complexity index is 836. The van der Waals surface area contributed by atoms with Gasteiger partial charge in [-0.3, -0.25) is 4.90 Å². The largest absolute Gasteiger partial charge is 0 e. The smallest absolute Gasteiger partial charge is 0 e. The Morgan fingerprint density at radius 2 is 0.944 bits per heavy atom. The molecule has 0 spiro atoms. The van der Waals surface area contributed by atoms with E-state index in [0.29, 0.717) is 0 Å². The summed E-state index contributed by atoms with van der Waals surface area (Å²) in [6, 6.07) is 19.4. The van der Waals surface area contributed by atoms with E-state index in [9.17, 15) is 5.11 Å². The van der Waals surface area contributed by atoms with Crippen LogP contribution < -0.4 is 0 Å². The fourth-order valence-electron chi connectivity index (χ4n) is 2.89. The van der Waals surface area contributed by atoms with Gasteiger partial charge in [-0.05, 0) is 25.9 Å². The number of hydrogen-bond acceptors (Lipinski definition) is 2. The van der Waals surface area contributed by atoms with Crippen LogP contribution >= 0.6 is 0 Å². The molecule has 2 aromatic carbocycles. The SMILES string of the molecule is OC(C#CCN1CCCC1)(c1ccccc1)c1ccccc1.[C-]#[O+].[C-]#[O+].[C-]#[O+].[C-]#[O+].[C-]#[O+].[C-]#[O+].[Co].[Co]. The summed E-state index contributed by atoms with van der Waals surface area (Å²) in [6.07, 6.45) is 2.51. The summed E-state index contributed by atoms with van der Waals surface area (Å²) in [6.45, 7) is 30.0. The molecule has 0 atom stereocenters. The molecule has 0 unspecified atom stereocenters. The van der Waals surface area contributed by atoms with Crippen molar-refractivity contribution in [3.05, 3.63) is 112 Å². The molecule has 1 aliphatic heterocycles. The van der Waals surface area contributed by atoms with Crippen molar-refractivity contribution in [1.29, 1.82) is 0 Å². The average Bonchev–Trinajstić information content (AvgIpc) is 3.50. The Morgan fingerprint density at radius 1 is 0.639 bits per heavy atom. The zero-order chi connectivity index (χ0) is 27.3. The monoisotopic (exact) mass is 577 g/mol. The van der Waals surface area contributed by atoms with Gasteiger partial charge < -0.3 is 5.11 Å². The van der Waals surface area contributed by atoms with Gasteiger partial charge in [0.05, 0.1) is 6.54 Å². The topological polar surface area (TPSA) is 143 Å². The summed E-state index contributed by atoms with van der Waals surface area (Å²) >= 11 is 0.